The molecular weight excluding hydrogens is 191 g/mol. The van der Waals surface area contributed by atoms with Crippen LogP contribution in [0.3, 0.4) is 0 Å². The second kappa shape index (κ2) is 4.73. The first-order chi connectivity index (χ1) is 7.31. The fourth-order valence-electron chi connectivity index (χ4n) is 2.17. The minimum Gasteiger partial charge on any atom is -0.314 e. The summed E-state index contributed by atoms with van der Waals surface area (Å²) in [5.74, 6) is -0.144. The lowest BCUT2D eigenvalue weighted by molar-refractivity contribution is 0.170. The molecular formula is C12H17FN2. The first kappa shape index (κ1) is 10.6. The van der Waals surface area contributed by atoms with Gasteiger partial charge in [0.15, 0.2) is 0 Å². The zero-order valence-electron chi connectivity index (χ0n) is 9.04. The molecule has 1 aliphatic rings. The van der Waals surface area contributed by atoms with Crippen molar-refractivity contribution >= 4 is 0 Å². The fraction of sp³-hybridized carbons (Fsp3) is 0.500. The molecule has 1 aromatic rings. The molecule has 1 atom stereocenters. The minimum absolute atomic E-state index is 0.144. The molecule has 0 saturated carbocycles. The zero-order chi connectivity index (χ0) is 10.7. The van der Waals surface area contributed by atoms with E-state index in [1.165, 1.54) is 6.07 Å². The lowest BCUT2D eigenvalue weighted by Crippen LogP contribution is -2.45. The second-order valence-electron chi connectivity index (χ2n) is 3.90. The van der Waals surface area contributed by atoms with Crippen LogP contribution in [-0.2, 0) is 0 Å². The summed E-state index contributed by atoms with van der Waals surface area (Å²) >= 11 is 0. The van der Waals surface area contributed by atoms with Crippen molar-refractivity contribution in [3.63, 3.8) is 0 Å². The Kier molecular flexibility index (Phi) is 3.34. The third-order valence-electron chi connectivity index (χ3n) is 2.99. The molecule has 0 bridgehead atoms. The molecule has 1 aliphatic heterocycles. The third-order valence-corrected chi connectivity index (χ3v) is 2.99. The van der Waals surface area contributed by atoms with Gasteiger partial charge in [0.2, 0.25) is 0 Å². The molecule has 1 unspecified atom stereocenters. The van der Waals surface area contributed by atoms with Gasteiger partial charge in [-0.2, -0.15) is 0 Å². The molecule has 1 fully saturated rings. The number of halogens is 1. The van der Waals surface area contributed by atoms with Gasteiger partial charge in [-0.1, -0.05) is 19.1 Å². The first-order valence-electron chi connectivity index (χ1n) is 5.51. The number of rotatable bonds is 2. The number of hydrogen-bond acceptors (Lipinski definition) is 2. The Morgan fingerprint density at radius 3 is 3.13 bits per heavy atom. The third kappa shape index (κ3) is 2.36. The predicted octanol–water partition coefficient (Wildman–Crippen LogP) is 1.79. The van der Waals surface area contributed by atoms with Crippen molar-refractivity contribution in [3.8, 4) is 0 Å². The van der Waals surface area contributed by atoms with E-state index >= 15 is 0 Å². The number of benzene rings is 1. The van der Waals surface area contributed by atoms with Crippen molar-refractivity contribution in [1.29, 1.82) is 0 Å². The average Bonchev–Trinajstić information content (AvgIpc) is 2.29. The van der Waals surface area contributed by atoms with Crippen LogP contribution < -0.4 is 5.32 Å². The maximum atomic E-state index is 13.1. The molecule has 0 radical (unpaired) electrons. The SMILES string of the molecule is CCN1CCNCC1c1cccc(F)c1. The molecule has 1 heterocycles. The molecule has 0 spiro atoms. The molecule has 1 saturated heterocycles. The normalized spacial score (nSPS) is 22.9. The Morgan fingerprint density at radius 1 is 1.53 bits per heavy atom. The van der Waals surface area contributed by atoms with Gasteiger partial charge in [0.1, 0.15) is 5.82 Å². The van der Waals surface area contributed by atoms with E-state index < -0.39 is 0 Å². The number of nitrogens with zero attached hydrogens (tertiary/aromatic N) is 1. The Labute approximate surface area is 90.1 Å². The highest BCUT2D eigenvalue weighted by molar-refractivity contribution is 5.21. The van der Waals surface area contributed by atoms with Crippen LogP contribution in [0.25, 0.3) is 0 Å². The highest BCUT2D eigenvalue weighted by atomic mass is 19.1. The summed E-state index contributed by atoms with van der Waals surface area (Å²) in [5.41, 5.74) is 1.07. The topological polar surface area (TPSA) is 15.3 Å². The number of piperazine rings is 1. The maximum Gasteiger partial charge on any atom is 0.123 e. The van der Waals surface area contributed by atoms with Crippen LogP contribution in [-0.4, -0.2) is 31.1 Å². The maximum absolute atomic E-state index is 13.1. The Morgan fingerprint density at radius 2 is 2.40 bits per heavy atom. The van der Waals surface area contributed by atoms with Gasteiger partial charge in [-0.3, -0.25) is 4.90 Å². The van der Waals surface area contributed by atoms with Gasteiger partial charge in [-0.15, -0.1) is 0 Å². The monoisotopic (exact) mass is 208 g/mol. The summed E-state index contributed by atoms with van der Waals surface area (Å²) in [6.45, 7) is 6.15. The summed E-state index contributed by atoms with van der Waals surface area (Å²) in [7, 11) is 0. The van der Waals surface area contributed by atoms with Crippen molar-refractivity contribution in [2.45, 2.75) is 13.0 Å². The number of likely N-dealkylation sites (N-methyl/N-ethyl adjacent to an activating group) is 1. The van der Waals surface area contributed by atoms with E-state index in [2.05, 4.69) is 17.1 Å². The van der Waals surface area contributed by atoms with Crippen molar-refractivity contribution in [1.82, 2.24) is 10.2 Å². The van der Waals surface area contributed by atoms with Gasteiger partial charge >= 0.3 is 0 Å². The van der Waals surface area contributed by atoms with Gasteiger partial charge < -0.3 is 5.32 Å². The predicted molar refractivity (Wildman–Crippen MR) is 59.3 cm³/mol. The Hall–Kier alpha value is -0.930. The van der Waals surface area contributed by atoms with E-state index in [0.717, 1.165) is 31.7 Å². The molecule has 0 aromatic heterocycles. The summed E-state index contributed by atoms with van der Waals surface area (Å²) in [5, 5.41) is 3.35. The quantitative estimate of drug-likeness (QED) is 0.797. The average molecular weight is 208 g/mol. The summed E-state index contributed by atoms with van der Waals surface area (Å²) in [4.78, 5) is 2.38. The Balaban J connectivity index is 2.20. The van der Waals surface area contributed by atoms with Crippen LogP contribution in [0.4, 0.5) is 4.39 Å². The van der Waals surface area contributed by atoms with Gasteiger partial charge in [-0.05, 0) is 24.2 Å². The number of hydrogen-bond donors (Lipinski definition) is 1. The lowest BCUT2D eigenvalue weighted by Gasteiger charge is -2.35. The van der Waals surface area contributed by atoms with Gasteiger partial charge in [-0.25, -0.2) is 4.39 Å². The van der Waals surface area contributed by atoms with Gasteiger partial charge in [0.25, 0.3) is 0 Å². The van der Waals surface area contributed by atoms with E-state index in [1.54, 1.807) is 12.1 Å². The van der Waals surface area contributed by atoms with Crippen LogP contribution in [0.2, 0.25) is 0 Å². The standard InChI is InChI=1S/C12H17FN2/c1-2-15-7-6-14-9-12(15)10-4-3-5-11(13)8-10/h3-5,8,12,14H,2,6-7,9H2,1H3. The van der Waals surface area contributed by atoms with E-state index in [9.17, 15) is 4.39 Å². The van der Waals surface area contributed by atoms with Crippen molar-refractivity contribution in [2.24, 2.45) is 0 Å². The molecule has 2 nitrogen and oxygen atoms in total. The van der Waals surface area contributed by atoms with Crippen LogP contribution in [0.1, 0.15) is 18.5 Å². The zero-order valence-corrected chi connectivity index (χ0v) is 9.04. The number of nitrogens with one attached hydrogen (secondary N) is 1. The van der Waals surface area contributed by atoms with E-state index in [-0.39, 0.29) is 5.82 Å². The minimum atomic E-state index is -0.144. The lowest BCUT2D eigenvalue weighted by atomic mass is 10.0. The van der Waals surface area contributed by atoms with E-state index in [0.29, 0.717) is 6.04 Å². The molecule has 1 aromatic carbocycles. The summed E-state index contributed by atoms with van der Waals surface area (Å²) in [6, 6.07) is 7.24. The molecule has 15 heavy (non-hydrogen) atoms. The summed E-state index contributed by atoms with van der Waals surface area (Å²) < 4.78 is 13.1. The highest BCUT2D eigenvalue weighted by Crippen LogP contribution is 2.22. The molecule has 0 amide bonds. The molecule has 3 heteroatoms. The van der Waals surface area contributed by atoms with Crippen molar-refractivity contribution in [2.75, 3.05) is 26.2 Å². The Bertz CT molecular complexity index is 327. The van der Waals surface area contributed by atoms with Crippen molar-refractivity contribution in [3.05, 3.63) is 35.6 Å². The van der Waals surface area contributed by atoms with Crippen LogP contribution in [0.15, 0.2) is 24.3 Å². The van der Waals surface area contributed by atoms with Gasteiger partial charge in [0, 0.05) is 25.7 Å². The molecule has 82 valence electrons. The molecule has 1 N–H and O–H groups in total. The van der Waals surface area contributed by atoms with Crippen LogP contribution >= 0.6 is 0 Å². The molecule has 0 aliphatic carbocycles. The van der Waals surface area contributed by atoms with E-state index in [1.807, 2.05) is 6.07 Å². The van der Waals surface area contributed by atoms with Gasteiger partial charge in [0.05, 0.1) is 0 Å². The van der Waals surface area contributed by atoms with Crippen molar-refractivity contribution < 1.29 is 4.39 Å². The molecule has 2 rings (SSSR count). The largest absolute Gasteiger partial charge is 0.314 e. The first-order valence-corrected chi connectivity index (χ1v) is 5.51. The summed E-state index contributed by atoms with van der Waals surface area (Å²) in [6.07, 6.45) is 0. The highest BCUT2D eigenvalue weighted by Gasteiger charge is 2.22. The van der Waals surface area contributed by atoms with Crippen LogP contribution in [0, 0.1) is 5.82 Å². The fourth-order valence-corrected chi connectivity index (χ4v) is 2.17. The van der Waals surface area contributed by atoms with Crippen LogP contribution in [0.5, 0.6) is 0 Å². The second-order valence-corrected chi connectivity index (χ2v) is 3.90. The van der Waals surface area contributed by atoms with E-state index in [4.69, 9.17) is 0 Å². The smallest absolute Gasteiger partial charge is 0.123 e.